The zero-order valence-corrected chi connectivity index (χ0v) is 23.4. The molecular formula is C30H24ClN5O4S. The number of halogens is 1. The Balaban J connectivity index is 1.39. The van der Waals surface area contributed by atoms with Crippen molar-refractivity contribution in [2.45, 2.75) is 12.4 Å². The Morgan fingerprint density at radius 1 is 0.927 bits per heavy atom. The van der Waals surface area contributed by atoms with Gasteiger partial charge in [0.1, 0.15) is 23.9 Å². The number of hydrogen-bond donors (Lipinski definition) is 1. The molecule has 41 heavy (non-hydrogen) atoms. The normalized spacial score (nSPS) is 11.7. The number of ether oxygens (including phenoxy) is 2. The summed E-state index contributed by atoms with van der Waals surface area (Å²) >= 11 is 6.11. The largest absolute Gasteiger partial charge is 0.497 e. The highest BCUT2D eigenvalue weighted by Gasteiger charge is 2.24. The lowest BCUT2D eigenvalue weighted by Gasteiger charge is -2.09. The lowest BCUT2D eigenvalue weighted by atomic mass is 10.0. The third-order valence-corrected chi connectivity index (χ3v) is 8.38. The molecule has 0 unspecified atom stereocenters. The van der Waals surface area contributed by atoms with Crippen molar-refractivity contribution in [3.05, 3.63) is 108 Å². The highest BCUT2D eigenvalue weighted by Crippen LogP contribution is 2.36. The van der Waals surface area contributed by atoms with Crippen LogP contribution in [-0.4, -0.2) is 34.5 Å². The summed E-state index contributed by atoms with van der Waals surface area (Å²) in [6.45, 7) is 0.359. The van der Waals surface area contributed by atoms with Crippen LogP contribution in [0, 0.1) is 0 Å². The van der Waals surface area contributed by atoms with E-state index in [1.54, 1.807) is 37.6 Å². The fourth-order valence-corrected chi connectivity index (χ4v) is 6.22. The fraction of sp³-hybridized carbons (Fsp3) is 0.100. The highest BCUT2D eigenvalue weighted by molar-refractivity contribution is 7.89. The van der Waals surface area contributed by atoms with Crippen molar-refractivity contribution >= 4 is 49.4 Å². The molecule has 9 nitrogen and oxygen atoms in total. The number of aromatic nitrogens is 4. The van der Waals surface area contributed by atoms with E-state index >= 15 is 0 Å². The SMILES string of the molecule is COc1ccc(COc2cnc3ccc(-c4cn(S(=O)(=O)Cc5ccccc5)c5nc(Cl)nc(N)c45)cc3c2)cc1. The van der Waals surface area contributed by atoms with Gasteiger partial charge >= 0.3 is 0 Å². The molecule has 0 aliphatic rings. The van der Waals surface area contributed by atoms with Crippen molar-refractivity contribution in [3.63, 3.8) is 0 Å². The number of hydrogen-bond acceptors (Lipinski definition) is 8. The van der Waals surface area contributed by atoms with Crippen molar-refractivity contribution < 1.29 is 17.9 Å². The molecule has 3 aromatic carbocycles. The van der Waals surface area contributed by atoms with Crippen molar-refractivity contribution in [1.29, 1.82) is 0 Å². The van der Waals surface area contributed by atoms with E-state index in [1.165, 1.54) is 6.20 Å². The first-order valence-corrected chi connectivity index (χ1v) is 14.6. The molecule has 0 bridgehead atoms. The van der Waals surface area contributed by atoms with E-state index in [0.29, 0.717) is 34.4 Å². The number of nitrogen functional groups attached to an aromatic ring is 1. The van der Waals surface area contributed by atoms with Gasteiger partial charge in [0.25, 0.3) is 0 Å². The second kappa shape index (κ2) is 10.7. The van der Waals surface area contributed by atoms with Crippen LogP contribution in [0.2, 0.25) is 5.28 Å². The van der Waals surface area contributed by atoms with Crippen LogP contribution in [0.3, 0.4) is 0 Å². The summed E-state index contributed by atoms with van der Waals surface area (Å²) in [5, 5.41) is 1.05. The van der Waals surface area contributed by atoms with E-state index in [9.17, 15) is 8.42 Å². The number of nitrogens with zero attached hydrogens (tertiary/aromatic N) is 4. The zero-order chi connectivity index (χ0) is 28.6. The summed E-state index contributed by atoms with van der Waals surface area (Å²) in [7, 11) is -2.25. The topological polar surface area (TPSA) is 122 Å². The first kappa shape index (κ1) is 26.5. The Kier molecular flexibility index (Phi) is 6.94. The van der Waals surface area contributed by atoms with Gasteiger partial charge in [-0.05, 0) is 58.6 Å². The quantitative estimate of drug-likeness (QED) is 0.221. The predicted octanol–water partition coefficient (Wildman–Crippen LogP) is 5.85. The predicted molar refractivity (Wildman–Crippen MR) is 159 cm³/mol. The molecule has 0 saturated heterocycles. The molecule has 2 N–H and O–H groups in total. The number of rotatable bonds is 8. The van der Waals surface area contributed by atoms with Crippen LogP contribution in [0.5, 0.6) is 11.5 Å². The van der Waals surface area contributed by atoms with Crippen LogP contribution >= 0.6 is 11.6 Å². The Bertz CT molecular complexity index is 2000. The number of pyridine rings is 1. The minimum Gasteiger partial charge on any atom is -0.497 e. The number of nitrogens with two attached hydrogens (primary N) is 1. The molecule has 11 heteroatoms. The van der Waals surface area contributed by atoms with Gasteiger partial charge in [-0.2, -0.15) is 4.98 Å². The van der Waals surface area contributed by atoms with Gasteiger partial charge in [0.15, 0.2) is 5.65 Å². The molecule has 6 rings (SSSR count). The lowest BCUT2D eigenvalue weighted by molar-refractivity contribution is 0.305. The highest BCUT2D eigenvalue weighted by atomic mass is 35.5. The van der Waals surface area contributed by atoms with Crippen molar-refractivity contribution in [2.75, 3.05) is 12.8 Å². The van der Waals surface area contributed by atoms with Crippen molar-refractivity contribution in [2.24, 2.45) is 0 Å². The number of methoxy groups -OCH3 is 1. The van der Waals surface area contributed by atoms with Gasteiger partial charge in [0, 0.05) is 17.1 Å². The molecule has 0 saturated carbocycles. The Labute approximate surface area is 241 Å². The Hall–Kier alpha value is -4.67. The van der Waals surface area contributed by atoms with Gasteiger partial charge in [-0.1, -0.05) is 48.5 Å². The van der Waals surface area contributed by atoms with E-state index in [0.717, 1.165) is 26.2 Å². The molecule has 6 aromatic rings. The zero-order valence-electron chi connectivity index (χ0n) is 21.9. The minimum atomic E-state index is -3.88. The Morgan fingerprint density at radius 2 is 1.71 bits per heavy atom. The number of fused-ring (bicyclic) bond motifs is 2. The average Bonchev–Trinajstić information content (AvgIpc) is 3.37. The molecule has 0 spiro atoms. The first-order valence-electron chi connectivity index (χ1n) is 12.6. The van der Waals surface area contributed by atoms with E-state index in [2.05, 4.69) is 15.0 Å². The fourth-order valence-electron chi connectivity index (χ4n) is 4.63. The van der Waals surface area contributed by atoms with Gasteiger partial charge in [-0.25, -0.2) is 17.4 Å². The van der Waals surface area contributed by atoms with Crippen LogP contribution in [0.25, 0.3) is 33.1 Å². The van der Waals surface area contributed by atoms with Crippen LogP contribution < -0.4 is 15.2 Å². The van der Waals surface area contributed by atoms with Crippen LogP contribution in [0.4, 0.5) is 5.82 Å². The van der Waals surface area contributed by atoms with E-state index < -0.39 is 10.0 Å². The Morgan fingerprint density at radius 3 is 2.46 bits per heavy atom. The molecule has 3 heterocycles. The minimum absolute atomic E-state index is 0.0819. The summed E-state index contributed by atoms with van der Waals surface area (Å²) in [6, 6.07) is 24.0. The monoisotopic (exact) mass is 585 g/mol. The van der Waals surface area contributed by atoms with E-state index in [-0.39, 0.29) is 22.5 Å². The van der Waals surface area contributed by atoms with Crippen molar-refractivity contribution in [3.8, 4) is 22.6 Å². The van der Waals surface area contributed by atoms with E-state index in [1.807, 2.05) is 54.6 Å². The summed E-state index contributed by atoms with van der Waals surface area (Å²) in [5.41, 5.74) is 10.0. The third kappa shape index (κ3) is 5.39. The molecule has 0 fully saturated rings. The third-order valence-electron chi connectivity index (χ3n) is 6.64. The molecular weight excluding hydrogens is 562 g/mol. The molecule has 206 valence electrons. The second-order valence-corrected chi connectivity index (χ2v) is 11.6. The molecule has 3 aromatic heterocycles. The molecule has 0 amide bonds. The van der Waals surface area contributed by atoms with Crippen LogP contribution in [-0.2, 0) is 22.4 Å². The van der Waals surface area contributed by atoms with Gasteiger partial charge in [0.05, 0.1) is 30.0 Å². The number of anilines is 1. The van der Waals surface area contributed by atoms with Gasteiger partial charge in [-0.15, -0.1) is 0 Å². The van der Waals surface area contributed by atoms with Crippen LogP contribution in [0.15, 0.2) is 91.3 Å². The molecule has 0 atom stereocenters. The summed E-state index contributed by atoms with van der Waals surface area (Å²) in [6.07, 6.45) is 3.18. The lowest BCUT2D eigenvalue weighted by Crippen LogP contribution is -2.15. The maximum atomic E-state index is 13.5. The summed E-state index contributed by atoms with van der Waals surface area (Å²) < 4.78 is 39.4. The first-order chi connectivity index (χ1) is 19.8. The second-order valence-electron chi connectivity index (χ2n) is 9.37. The standard InChI is InChI=1S/C30H24ClN5O4S/c1-39-23-10-7-19(8-11-23)17-40-24-14-22-13-21(9-12-26(22)33-15-24)25-16-36(29-27(25)28(32)34-30(31)35-29)41(37,38)18-20-5-3-2-4-6-20/h2-16H,17-18H2,1H3,(H2,32,34,35). The van der Waals surface area contributed by atoms with Crippen molar-refractivity contribution in [1.82, 2.24) is 18.9 Å². The van der Waals surface area contributed by atoms with Gasteiger partial charge in [0.2, 0.25) is 15.3 Å². The summed E-state index contributed by atoms with van der Waals surface area (Å²) in [5.74, 6) is 1.22. The van der Waals surface area contributed by atoms with Gasteiger partial charge < -0.3 is 15.2 Å². The summed E-state index contributed by atoms with van der Waals surface area (Å²) in [4.78, 5) is 12.9. The molecule has 0 radical (unpaired) electrons. The van der Waals surface area contributed by atoms with E-state index in [4.69, 9.17) is 26.8 Å². The molecule has 0 aliphatic heterocycles. The van der Waals surface area contributed by atoms with Gasteiger partial charge in [-0.3, -0.25) is 4.98 Å². The molecule has 0 aliphatic carbocycles. The maximum absolute atomic E-state index is 13.5. The smallest absolute Gasteiger partial charge is 0.244 e. The average molecular weight is 586 g/mol. The number of benzene rings is 3. The van der Waals surface area contributed by atoms with Crippen LogP contribution in [0.1, 0.15) is 11.1 Å². The maximum Gasteiger partial charge on any atom is 0.244 e.